The maximum Gasteiger partial charge on any atom is -0.0225 e. The number of terminal acetylenes is 1. The third-order valence-corrected chi connectivity index (χ3v) is 5.71. The third-order valence-electron chi connectivity index (χ3n) is 5.71. The smallest absolute Gasteiger partial charge is 0.0225 e. The van der Waals surface area contributed by atoms with E-state index in [1.165, 1.54) is 71.9 Å². The standard InChI is InChI=1S/C17H18.C8H18.C7H14.C2H6.C2H2/c1-13-7-6-10-16(11-13)15(3)12-17-9-5-4-8-14(17)2;1-4-6-8(3)7-5-2;1-4-6-7(3)5-2;2*1-2/h4-12H,1-3H3;8H,4-7H2,1-3H3;6H,4-5H2,1-3H3;1-2H3;1-2H/b15-12+;;7-6+;;. The van der Waals surface area contributed by atoms with Crippen molar-refractivity contribution < 1.29 is 0 Å². The number of hydrogen-bond donors (Lipinski definition) is 0. The van der Waals surface area contributed by atoms with E-state index in [0.717, 1.165) is 5.92 Å². The van der Waals surface area contributed by atoms with Crippen LogP contribution in [0.4, 0.5) is 0 Å². The maximum atomic E-state index is 4.00. The molecule has 0 bridgehead atoms. The van der Waals surface area contributed by atoms with E-state index >= 15 is 0 Å². The van der Waals surface area contributed by atoms with Gasteiger partial charge < -0.3 is 0 Å². The maximum absolute atomic E-state index is 4.00. The fraction of sp³-hybridized carbons (Fsp3) is 0.500. The molecule has 0 amide bonds. The van der Waals surface area contributed by atoms with Gasteiger partial charge >= 0.3 is 0 Å². The predicted molar refractivity (Wildman–Crippen MR) is 170 cm³/mol. The quantitative estimate of drug-likeness (QED) is 0.196. The summed E-state index contributed by atoms with van der Waals surface area (Å²) in [7, 11) is 0. The van der Waals surface area contributed by atoms with Crippen LogP contribution >= 0.6 is 0 Å². The van der Waals surface area contributed by atoms with Crippen molar-refractivity contribution in [3.63, 3.8) is 0 Å². The van der Waals surface area contributed by atoms with Crippen molar-refractivity contribution in [2.75, 3.05) is 0 Å². The largest absolute Gasteiger partial charge is 0.124 e. The van der Waals surface area contributed by atoms with Gasteiger partial charge in [0, 0.05) is 0 Å². The van der Waals surface area contributed by atoms with Gasteiger partial charge in [-0.25, -0.2) is 0 Å². The van der Waals surface area contributed by atoms with Crippen molar-refractivity contribution in [1.82, 2.24) is 0 Å². The van der Waals surface area contributed by atoms with Gasteiger partial charge in [0.05, 0.1) is 0 Å². The van der Waals surface area contributed by atoms with E-state index < -0.39 is 0 Å². The van der Waals surface area contributed by atoms with E-state index in [4.69, 9.17) is 0 Å². The zero-order valence-corrected chi connectivity index (χ0v) is 25.7. The summed E-state index contributed by atoms with van der Waals surface area (Å²) in [4.78, 5) is 0. The Balaban J connectivity index is -0.000000483. The van der Waals surface area contributed by atoms with Crippen molar-refractivity contribution in [2.24, 2.45) is 5.92 Å². The molecule has 36 heavy (non-hydrogen) atoms. The molecule has 0 unspecified atom stereocenters. The van der Waals surface area contributed by atoms with E-state index in [0.29, 0.717) is 0 Å². The lowest BCUT2D eigenvalue weighted by Gasteiger charge is -2.05. The highest BCUT2D eigenvalue weighted by molar-refractivity contribution is 5.81. The minimum Gasteiger partial charge on any atom is -0.124 e. The second-order valence-electron chi connectivity index (χ2n) is 9.05. The Kier molecular flexibility index (Phi) is 28.6. The van der Waals surface area contributed by atoms with Gasteiger partial charge in [-0.3, -0.25) is 0 Å². The molecule has 0 fully saturated rings. The van der Waals surface area contributed by atoms with Crippen molar-refractivity contribution in [3.8, 4) is 12.8 Å². The van der Waals surface area contributed by atoms with Gasteiger partial charge in [0.1, 0.15) is 0 Å². The van der Waals surface area contributed by atoms with Crippen molar-refractivity contribution in [3.05, 3.63) is 82.4 Å². The zero-order valence-electron chi connectivity index (χ0n) is 25.7. The van der Waals surface area contributed by atoms with Crippen LogP contribution in [0.15, 0.2) is 60.2 Å². The molecular weight excluding hydrogens is 432 g/mol. The van der Waals surface area contributed by atoms with Crippen LogP contribution in [0.25, 0.3) is 11.6 Å². The van der Waals surface area contributed by atoms with Crippen molar-refractivity contribution in [2.45, 2.75) is 115 Å². The molecule has 0 N–H and O–H groups in total. The number of allylic oxidation sites excluding steroid dienone is 3. The van der Waals surface area contributed by atoms with Gasteiger partial charge in [-0.1, -0.05) is 146 Å². The van der Waals surface area contributed by atoms with E-state index in [9.17, 15) is 0 Å². The van der Waals surface area contributed by atoms with Crippen LogP contribution in [0.3, 0.4) is 0 Å². The zero-order chi connectivity index (χ0) is 28.4. The first-order chi connectivity index (χ1) is 17.3. The minimum absolute atomic E-state index is 0.963. The van der Waals surface area contributed by atoms with Crippen LogP contribution in [0.2, 0.25) is 0 Å². The molecule has 0 heterocycles. The Hall–Kier alpha value is -2.52. The minimum atomic E-state index is 0.963. The molecule has 0 aliphatic heterocycles. The van der Waals surface area contributed by atoms with Crippen molar-refractivity contribution in [1.29, 1.82) is 0 Å². The first kappa shape index (κ1) is 38.0. The third kappa shape index (κ3) is 20.8. The number of benzene rings is 2. The average Bonchev–Trinajstić information content (AvgIpc) is 2.89. The lowest BCUT2D eigenvalue weighted by molar-refractivity contribution is 0.480. The molecule has 2 aromatic carbocycles. The normalized spacial score (nSPS) is 10.4. The molecule has 2 aromatic rings. The second-order valence-corrected chi connectivity index (χ2v) is 9.05. The summed E-state index contributed by atoms with van der Waals surface area (Å²) >= 11 is 0. The van der Waals surface area contributed by atoms with E-state index in [2.05, 4.69) is 136 Å². The lowest BCUT2D eigenvalue weighted by Crippen LogP contribution is -1.91. The summed E-state index contributed by atoms with van der Waals surface area (Å²) < 4.78 is 0. The van der Waals surface area contributed by atoms with Crippen LogP contribution in [-0.4, -0.2) is 0 Å². The summed E-state index contributed by atoms with van der Waals surface area (Å²) in [6.07, 6.45) is 20.4. The molecule has 0 saturated heterocycles. The van der Waals surface area contributed by atoms with Gasteiger partial charge in [-0.2, -0.15) is 0 Å². The molecule has 0 aromatic heterocycles. The van der Waals surface area contributed by atoms with Gasteiger partial charge in [-0.15, -0.1) is 12.8 Å². The summed E-state index contributed by atoms with van der Waals surface area (Å²) in [6.45, 7) is 23.8. The van der Waals surface area contributed by atoms with Gasteiger partial charge in [0.2, 0.25) is 0 Å². The van der Waals surface area contributed by atoms with Crippen LogP contribution in [0, 0.1) is 32.6 Å². The SMILES string of the molecule is C#C.C/C(=C\c1ccccc1C)c1cccc(C)c1.CC.CC/C=C(\C)CC.CCCC(C)CCC. The number of hydrogen-bond acceptors (Lipinski definition) is 0. The Labute approximate surface area is 227 Å². The summed E-state index contributed by atoms with van der Waals surface area (Å²) in [5.41, 5.74) is 8.03. The first-order valence-corrected chi connectivity index (χ1v) is 14.1. The summed E-state index contributed by atoms with van der Waals surface area (Å²) in [5.74, 6) is 0.963. The van der Waals surface area contributed by atoms with E-state index in [1.807, 2.05) is 13.8 Å². The van der Waals surface area contributed by atoms with Crippen LogP contribution in [-0.2, 0) is 0 Å². The lowest BCUT2D eigenvalue weighted by atomic mass is 10.0. The van der Waals surface area contributed by atoms with Crippen LogP contribution in [0.1, 0.15) is 123 Å². The monoisotopic (exact) mass is 490 g/mol. The molecule has 0 spiro atoms. The molecule has 0 heteroatoms. The Morgan fingerprint density at radius 3 is 1.81 bits per heavy atom. The molecular formula is C36H58. The Morgan fingerprint density at radius 2 is 1.39 bits per heavy atom. The summed E-state index contributed by atoms with van der Waals surface area (Å²) in [6, 6.07) is 17.1. The molecule has 2 rings (SSSR count). The molecule has 0 aliphatic rings. The van der Waals surface area contributed by atoms with Crippen LogP contribution < -0.4 is 0 Å². The molecule has 0 nitrogen and oxygen atoms in total. The Morgan fingerprint density at radius 1 is 0.833 bits per heavy atom. The van der Waals surface area contributed by atoms with E-state index in [1.54, 1.807) is 0 Å². The van der Waals surface area contributed by atoms with E-state index in [-0.39, 0.29) is 0 Å². The topological polar surface area (TPSA) is 0 Å². The summed E-state index contributed by atoms with van der Waals surface area (Å²) in [5, 5.41) is 0. The van der Waals surface area contributed by atoms with Gasteiger partial charge in [-0.05, 0) is 68.7 Å². The predicted octanol–water partition coefficient (Wildman–Crippen LogP) is 12.1. The number of aryl methyl sites for hydroxylation is 2. The fourth-order valence-electron chi connectivity index (χ4n) is 3.58. The average molecular weight is 491 g/mol. The van der Waals surface area contributed by atoms with Crippen molar-refractivity contribution >= 4 is 11.6 Å². The molecule has 0 radical (unpaired) electrons. The highest BCUT2D eigenvalue weighted by Gasteiger charge is 1.98. The van der Waals surface area contributed by atoms with Gasteiger partial charge in [0.25, 0.3) is 0 Å². The molecule has 0 aliphatic carbocycles. The highest BCUT2D eigenvalue weighted by atomic mass is 14.0. The second kappa shape index (κ2) is 27.1. The van der Waals surface area contributed by atoms with Gasteiger partial charge in [0.15, 0.2) is 0 Å². The number of rotatable bonds is 8. The fourth-order valence-corrected chi connectivity index (χ4v) is 3.58. The first-order valence-electron chi connectivity index (χ1n) is 14.1. The van der Waals surface area contributed by atoms with Crippen LogP contribution in [0.5, 0.6) is 0 Å². The molecule has 202 valence electrons. The highest BCUT2D eigenvalue weighted by Crippen LogP contribution is 2.20. The molecule has 0 atom stereocenters. The molecule has 0 saturated carbocycles. The Bertz CT molecular complexity index is 826.